The lowest BCUT2D eigenvalue weighted by Crippen LogP contribution is -2.23. The molecule has 1 saturated carbocycles. The van der Waals surface area contributed by atoms with Gasteiger partial charge in [-0.15, -0.1) is 0 Å². The fourth-order valence-electron chi connectivity index (χ4n) is 2.67. The summed E-state index contributed by atoms with van der Waals surface area (Å²) in [4.78, 5) is 7.02. The number of fused-ring (bicyclic) bond motifs is 1. The molecule has 3 rings (SSSR count). The maximum Gasteiger partial charge on any atom is 0.0605 e. The third-order valence-electron chi connectivity index (χ3n) is 3.84. The van der Waals surface area contributed by atoms with Crippen LogP contribution in [-0.4, -0.2) is 18.1 Å². The minimum absolute atomic E-state index is 0.995. The van der Waals surface area contributed by atoms with Gasteiger partial charge in [0, 0.05) is 19.3 Å². The summed E-state index contributed by atoms with van der Waals surface area (Å²) in [6.07, 6.45) is 4.56. The van der Waals surface area contributed by atoms with Crippen LogP contribution in [0.1, 0.15) is 24.6 Å². The molecule has 2 heteroatoms. The first-order valence-corrected chi connectivity index (χ1v) is 5.98. The number of piperidine rings is 1. The second-order valence-corrected chi connectivity index (χ2v) is 4.96. The van der Waals surface area contributed by atoms with Gasteiger partial charge in [-0.25, -0.2) is 0 Å². The summed E-state index contributed by atoms with van der Waals surface area (Å²) in [7, 11) is 0. The van der Waals surface area contributed by atoms with E-state index >= 15 is 0 Å². The molecule has 0 bridgehead atoms. The molecule has 1 aliphatic heterocycles. The predicted molar refractivity (Wildman–Crippen MR) is 62.2 cm³/mol. The molecule has 2 nitrogen and oxygen atoms in total. The van der Waals surface area contributed by atoms with E-state index in [1.165, 1.54) is 36.5 Å². The van der Waals surface area contributed by atoms with E-state index in [-0.39, 0.29) is 0 Å². The maximum atomic E-state index is 4.49. The Balaban J connectivity index is 1.89. The Morgan fingerprint density at radius 1 is 1.40 bits per heavy atom. The summed E-state index contributed by atoms with van der Waals surface area (Å²) in [5.74, 6) is 1.99. The van der Waals surface area contributed by atoms with E-state index in [1.54, 1.807) is 0 Å². The molecule has 0 spiro atoms. The van der Waals surface area contributed by atoms with Gasteiger partial charge in [0.15, 0.2) is 0 Å². The molecule has 2 fully saturated rings. The highest BCUT2D eigenvalue weighted by Crippen LogP contribution is 2.46. The minimum Gasteiger partial charge on any atom is -0.369 e. The molecule has 80 valence electrons. The molecular formula is C13H18N2. The SMILES string of the molecule is CCc1cnc(C)c(N2CC3CC3C2)c1. The fraction of sp³-hybridized carbons (Fsp3) is 0.615. The van der Waals surface area contributed by atoms with Crippen LogP contribution in [0.2, 0.25) is 0 Å². The summed E-state index contributed by atoms with van der Waals surface area (Å²) in [6.45, 7) is 6.84. The van der Waals surface area contributed by atoms with Gasteiger partial charge in [-0.2, -0.15) is 0 Å². The molecule has 2 heterocycles. The molecule has 1 aromatic rings. The van der Waals surface area contributed by atoms with Crippen molar-refractivity contribution >= 4 is 5.69 Å². The number of nitrogens with zero attached hydrogens (tertiary/aromatic N) is 2. The van der Waals surface area contributed by atoms with Gasteiger partial charge in [0.2, 0.25) is 0 Å². The lowest BCUT2D eigenvalue weighted by molar-refractivity contribution is 0.810. The highest BCUT2D eigenvalue weighted by atomic mass is 15.2. The highest BCUT2D eigenvalue weighted by molar-refractivity contribution is 5.53. The molecule has 15 heavy (non-hydrogen) atoms. The smallest absolute Gasteiger partial charge is 0.0605 e. The van der Waals surface area contributed by atoms with Gasteiger partial charge in [-0.1, -0.05) is 6.92 Å². The molecule has 2 unspecified atom stereocenters. The largest absolute Gasteiger partial charge is 0.369 e. The second-order valence-electron chi connectivity index (χ2n) is 4.96. The number of rotatable bonds is 2. The molecule has 0 N–H and O–H groups in total. The average molecular weight is 202 g/mol. The van der Waals surface area contributed by atoms with Gasteiger partial charge in [0.1, 0.15) is 0 Å². The predicted octanol–water partition coefficient (Wildman–Crippen LogP) is 2.41. The van der Waals surface area contributed by atoms with E-state index in [2.05, 4.69) is 29.8 Å². The van der Waals surface area contributed by atoms with Crippen LogP contribution >= 0.6 is 0 Å². The summed E-state index contributed by atoms with van der Waals surface area (Å²) >= 11 is 0. The van der Waals surface area contributed by atoms with E-state index in [9.17, 15) is 0 Å². The Kier molecular flexibility index (Phi) is 1.98. The van der Waals surface area contributed by atoms with Crippen LogP contribution < -0.4 is 4.90 Å². The van der Waals surface area contributed by atoms with Gasteiger partial charge < -0.3 is 4.90 Å². The van der Waals surface area contributed by atoms with Crippen LogP contribution in [0.15, 0.2) is 12.3 Å². The number of pyridine rings is 1. The summed E-state index contributed by atoms with van der Waals surface area (Å²) in [5, 5.41) is 0. The molecule has 2 atom stereocenters. The number of anilines is 1. The monoisotopic (exact) mass is 202 g/mol. The highest BCUT2D eigenvalue weighted by Gasteiger charge is 2.45. The zero-order valence-corrected chi connectivity index (χ0v) is 9.53. The minimum atomic E-state index is 0.995. The number of hydrogen-bond acceptors (Lipinski definition) is 2. The van der Waals surface area contributed by atoms with Crippen LogP contribution in [-0.2, 0) is 6.42 Å². The van der Waals surface area contributed by atoms with Crippen LogP contribution in [0.4, 0.5) is 5.69 Å². The molecule has 1 aliphatic carbocycles. The second kappa shape index (κ2) is 3.22. The fourth-order valence-corrected chi connectivity index (χ4v) is 2.67. The van der Waals surface area contributed by atoms with Crippen molar-refractivity contribution in [3.05, 3.63) is 23.5 Å². The Hall–Kier alpha value is -1.05. The zero-order chi connectivity index (χ0) is 10.4. The average Bonchev–Trinajstić information content (AvgIpc) is 2.87. The normalized spacial score (nSPS) is 28.0. The van der Waals surface area contributed by atoms with Crippen molar-refractivity contribution in [3.8, 4) is 0 Å². The van der Waals surface area contributed by atoms with Crippen molar-refractivity contribution in [3.63, 3.8) is 0 Å². The first kappa shape index (κ1) is 9.20. The van der Waals surface area contributed by atoms with E-state index in [4.69, 9.17) is 0 Å². The first-order valence-electron chi connectivity index (χ1n) is 5.98. The first-order chi connectivity index (χ1) is 7.28. The Morgan fingerprint density at radius 2 is 2.13 bits per heavy atom. The van der Waals surface area contributed by atoms with Crippen molar-refractivity contribution < 1.29 is 0 Å². The van der Waals surface area contributed by atoms with E-state index in [0.29, 0.717) is 0 Å². The number of hydrogen-bond donors (Lipinski definition) is 0. The van der Waals surface area contributed by atoms with Gasteiger partial charge in [0.25, 0.3) is 0 Å². The van der Waals surface area contributed by atoms with Crippen molar-refractivity contribution in [1.29, 1.82) is 0 Å². The van der Waals surface area contributed by atoms with Crippen LogP contribution in [0.5, 0.6) is 0 Å². The summed E-state index contributed by atoms with van der Waals surface area (Å²) in [6, 6.07) is 2.33. The van der Waals surface area contributed by atoms with Crippen molar-refractivity contribution in [1.82, 2.24) is 4.98 Å². The van der Waals surface area contributed by atoms with Crippen molar-refractivity contribution in [2.24, 2.45) is 11.8 Å². The van der Waals surface area contributed by atoms with E-state index < -0.39 is 0 Å². The molecule has 0 amide bonds. The molecule has 2 aliphatic rings. The van der Waals surface area contributed by atoms with Crippen LogP contribution in [0.3, 0.4) is 0 Å². The van der Waals surface area contributed by atoms with Crippen molar-refractivity contribution in [2.45, 2.75) is 26.7 Å². The maximum absolute atomic E-state index is 4.49. The molecule has 1 saturated heterocycles. The molecule has 1 aromatic heterocycles. The van der Waals surface area contributed by atoms with Gasteiger partial charge in [-0.3, -0.25) is 4.98 Å². The topological polar surface area (TPSA) is 16.1 Å². The Bertz CT molecular complexity index is 376. The summed E-state index contributed by atoms with van der Waals surface area (Å²) in [5.41, 5.74) is 3.92. The van der Waals surface area contributed by atoms with Crippen LogP contribution in [0.25, 0.3) is 0 Å². The van der Waals surface area contributed by atoms with Crippen LogP contribution in [0, 0.1) is 18.8 Å². The zero-order valence-electron chi connectivity index (χ0n) is 9.53. The summed E-state index contributed by atoms with van der Waals surface area (Å²) < 4.78 is 0. The lowest BCUT2D eigenvalue weighted by atomic mass is 10.1. The lowest BCUT2D eigenvalue weighted by Gasteiger charge is -2.22. The van der Waals surface area contributed by atoms with Crippen molar-refractivity contribution in [2.75, 3.05) is 18.0 Å². The quantitative estimate of drug-likeness (QED) is 0.732. The Labute approximate surface area is 91.3 Å². The number of aryl methyl sites for hydroxylation is 2. The third kappa shape index (κ3) is 1.52. The van der Waals surface area contributed by atoms with E-state index in [0.717, 1.165) is 18.3 Å². The van der Waals surface area contributed by atoms with Gasteiger partial charge >= 0.3 is 0 Å². The molecule has 0 aromatic carbocycles. The Morgan fingerprint density at radius 3 is 2.80 bits per heavy atom. The molecular weight excluding hydrogens is 184 g/mol. The number of aromatic nitrogens is 1. The molecule has 0 radical (unpaired) electrons. The van der Waals surface area contributed by atoms with Gasteiger partial charge in [-0.05, 0) is 43.2 Å². The van der Waals surface area contributed by atoms with Gasteiger partial charge in [0.05, 0.1) is 11.4 Å². The third-order valence-corrected chi connectivity index (χ3v) is 3.84. The van der Waals surface area contributed by atoms with E-state index in [1.807, 2.05) is 6.20 Å². The standard InChI is InChI=1S/C13H18N2/c1-3-10-4-13(9(2)14-6-10)15-7-11-5-12(11)8-15/h4,6,11-12H,3,5,7-8H2,1-2H3.